The molecule has 2 heterocycles. The van der Waals surface area contributed by atoms with Crippen LogP contribution in [0.2, 0.25) is 5.02 Å². The third-order valence-corrected chi connectivity index (χ3v) is 5.32. The number of thiocarbonyl (C=S) groups is 1. The molecule has 0 saturated heterocycles. The van der Waals surface area contributed by atoms with Crippen molar-refractivity contribution in [2.75, 3.05) is 11.9 Å². The van der Waals surface area contributed by atoms with Crippen LogP contribution in [0.4, 0.5) is 11.5 Å². The number of rotatable bonds is 6. The number of anilines is 1. The van der Waals surface area contributed by atoms with E-state index in [-0.39, 0.29) is 16.5 Å². The summed E-state index contributed by atoms with van der Waals surface area (Å²) in [4.78, 5) is 25.8. The van der Waals surface area contributed by atoms with Crippen molar-refractivity contribution in [3.05, 3.63) is 62.0 Å². The van der Waals surface area contributed by atoms with E-state index in [9.17, 15) is 14.9 Å². The van der Waals surface area contributed by atoms with Gasteiger partial charge in [-0.05, 0) is 44.1 Å². The van der Waals surface area contributed by atoms with Gasteiger partial charge in [0.1, 0.15) is 10.8 Å². The number of halogens is 1. The molecular weight excluding hydrogens is 430 g/mol. The summed E-state index contributed by atoms with van der Waals surface area (Å²) in [5.41, 5.74) is 1.27. The van der Waals surface area contributed by atoms with Crippen molar-refractivity contribution in [3.63, 3.8) is 0 Å². The molecule has 1 aromatic carbocycles. The third kappa shape index (κ3) is 4.29. The fraction of sp³-hybridized carbons (Fsp3) is 0.316. The van der Waals surface area contributed by atoms with E-state index in [2.05, 4.69) is 15.8 Å². The fourth-order valence-electron chi connectivity index (χ4n) is 3.28. The first-order valence-corrected chi connectivity index (χ1v) is 9.98. The predicted molar refractivity (Wildman–Crippen MR) is 116 cm³/mol. The maximum Gasteiger partial charge on any atom is 0.288 e. The Kier molecular flexibility index (Phi) is 6.37. The average molecular weight is 450 g/mol. The van der Waals surface area contributed by atoms with E-state index in [4.69, 9.17) is 28.3 Å². The summed E-state index contributed by atoms with van der Waals surface area (Å²) in [6, 6.07) is 5.31. The molecule has 1 unspecified atom stereocenters. The molecular formula is C19H20ClN5O4S. The Hall–Kier alpha value is -2.98. The maximum atomic E-state index is 13.2. The SMILES string of the molecule is CCCN1C(=S)NC(c2ccc(Cl)c([N+](=O)[O-])c2)C(C(=O)Nc2cc(C)on2)=C1C. The van der Waals surface area contributed by atoms with Gasteiger partial charge in [0.05, 0.1) is 16.5 Å². The van der Waals surface area contributed by atoms with Crippen LogP contribution in [-0.2, 0) is 4.79 Å². The van der Waals surface area contributed by atoms with E-state index in [1.54, 1.807) is 26.0 Å². The first kappa shape index (κ1) is 21.7. The van der Waals surface area contributed by atoms with Crippen molar-refractivity contribution in [3.8, 4) is 0 Å². The Labute approximate surface area is 183 Å². The number of hydrogen-bond donors (Lipinski definition) is 2. The normalized spacial score (nSPS) is 16.5. The minimum atomic E-state index is -0.699. The molecule has 0 aliphatic carbocycles. The molecule has 9 nitrogen and oxygen atoms in total. The van der Waals surface area contributed by atoms with Gasteiger partial charge in [-0.15, -0.1) is 0 Å². The molecule has 1 atom stereocenters. The van der Waals surface area contributed by atoms with Crippen molar-refractivity contribution >= 4 is 46.3 Å². The summed E-state index contributed by atoms with van der Waals surface area (Å²) in [5, 5.41) is 21.4. The quantitative estimate of drug-likeness (QED) is 0.385. The van der Waals surface area contributed by atoms with Gasteiger partial charge in [0.15, 0.2) is 10.9 Å². The van der Waals surface area contributed by atoms with E-state index < -0.39 is 16.9 Å². The minimum Gasteiger partial charge on any atom is -0.360 e. The second kappa shape index (κ2) is 8.80. The van der Waals surface area contributed by atoms with E-state index in [0.29, 0.717) is 34.3 Å². The van der Waals surface area contributed by atoms with Crippen LogP contribution in [0.1, 0.15) is 37.6 Å². The Morgan fingerprint density at radius 2 is 2.17 bits per heavy atom. The van der Waals surface area contributed by atoms with Crippen molar-refractivity contribution in [1.82, 2.24) is 15.4 Å². The summed E-state index contributed by atoms with van der Waals surface area (Å²) in [6.45, 7) is 6.13. The van der Waals surface area contributed by atoms with Crippen molar-refractivity contribution in [2.24, 2.45) is 0 Å². The molecule has 0 radical (unpaired) electrons. The molecule has 30 heavy (non-hydrogen) atoms. The van der Waals surface area contributed by atoms with E-state index in [1.165, 1.54) is 12.1 Å². The molecule has 2 aromatic rings. The lowest BCUT2D eigenvalue weighted by Crippen LogP contribution is -2.48. The van der Waals surface area contributed by atoms with Gasteiger partial charge >= 0.3 is 0 Å². The summed E-state index contributed by atoms with van der Waals surface area (Å²) in [6.07, 6.45) is 0.813. The van der Waals surface area contributed by atoms with Crippen LogP contribution in [0.3, 0.4) is 0 Å². The molecule has 1 amide bonds. The van der Waals surface area contributed by atoms with E-state index >= 15 is 0 Å². The number of nitro groups is 1. The van der Waals surface area contributed by atoms with Crippen molar-refractivity contribution in [1.29, 1.82) is 0 Å². The van der Waals surface area contributed by atoms with Crippen LogP contribution in [0.15, 0.2) is 40.1 Å². The minimum absolute atomic E-state index is 0.0134. The Morgan fingerprint density at radius 3 is 2.77 bits per heavy atom. The number of aromatic nitrogens is 1. The van der Waals surface area contributed by atoms with Crippen LogP contribution in [-0.4, -0.2) is 32.5 Å². The highest BCUT2D eigenvalue weighted by Crippen LogP contribution is 2.35. The highest BCUT2D eigenvalue weighted by atomic mass is 35.5. The van der Waals surface area contributed by atoms with Gasteiger partial charge in [-0.1, -0.05) is 29.7 Å². The second-order valence-corrected chi connectivity index (χ2v) is 7.57. The molecule has 0 bridgehead atoms. The molecule has 1 aromatic heterocycles. The van der Waals surface area contributed by atoms with E-state index in [0.717, 1.165) is 6.42 Å². The summed E-state index contributed by atoms with van der Waals surface area (Å²) in [5.74, 6) is 0.407. The number of hydrogen-bond acceptors (Lipinski definition) is 6. The molecule has 158 valence electrons. The average Bonchev–Trinajstić information content (AvgIpc) is 3.09. The first-order chi connectivity index (χ1) is 14.2. The highest BCUT2D eigenvalue weighted by Gasteiger charge is 2.34. The Bertz CT molecular complexity index is 1050. The Balaban J connectivity index is 2.07. The van der Waals surface area contributed by atoms with Crippen LogP contribution >= 0.6 is 23.8 Å². The molecule has 3 rings (SSSR count). The van der Waals surface area contributed by atoms with Gasteiger partial charge in [-0.2, -0.15) is 0 Å². The van der Waals surface area contributed by atoms with Crippen LogP contribution in [0, 0.1) is 17.0 Å². The number of benzene rings is 1. The van der Waals surface area contributed by atoms with Gasteiger partial charge < -0.3 is 20.1 Å². The molecule has 0 saturated carbocycles. The predicted octanol–water partition coefficient (Wildman–Crippen LogP) is 4.10. The zero-order valence-corrected chi connectivity index (χ0v) is 18.1. The molecule has 0 spiro atoms. The maximum absolute atomic E-state index is 13.2. The molecule has 1 aliphatic heterocycles. The lowest BCUT2D eigenvalue weighted by atomic mass is 9.94. The molecule has 2 N–H and O–H groups in total. The number of nitro benzene ring substituents is 1. The number of aryl methyl sites for hydroxylation is 1. The van der Waals surface area contributed by atoms with Crippen LogP contribution < -0.4 is 10.6 Å². The van der Waals surface area contributed by atoms with Crippen molar-refractivity contribution in [2.45, 2.75) is 33.2 Å². The standard InChI is InChI=1S/C19H20ClN5O4S/c1-4-7-24-11(3)16(18(26)21-15-8-10(2)29-23-15)17(22-19(24)30)12-5-6-13(20)14(9-12)25(27)28/h5-6,8-9,17H,4,7H2,1-3H3,(H,22,30)(H,21,23,26). The zero-order chi connectivity index (χ0) is 22.0. The lowest BCUT2D eigenvalue weighted by Gasteiger charge is -2.37. The summed E-state index contributed by atoms with van der Waals surface area (Å²) < 4.78 is 5.01. The number of allylic oxidation sites excluding steroid dienone is 1. The van der Waals surface area contributed by atoms with Crippen molar-refractivity contribution < 1.29 is 14.2 Å². The molecule has 0 fully saturated rings. The highest BCUT2D eigenvalue weighted by molar-refractivity contribution is 7.80. The van der Waals surface area contributed by atoms with E-state index in [1.807, 2.05) is 11.8 Å². The largest absolute Gasteiger partial charge is 0.360 e. The zero-order valence-electron chi connectivity index (χ0n) is 16.6. The Morgan fingerprint density at radius 1 is 1.43 bits per heavy atom. The molecule has 1 aliphatic rings. The number of carbonyl (C=O) groups excluding carboxylic acids is 1. The second-order valence-electron chi connectivity index (χ2n) is 6.78. The number of carbonyl (C=O) groups is 1. The monoisotopic (exact) mass is 449 g/mol. The topological polar surface area (TPSA) is 114 Å². The molecule has 11 heteroatoms. The van der Waals surface area contributed by atoms with Gasteiger partial charge in [0.25, 0.3) is 11.6 Å². The third-order valence-electron chi connectivity index (χ3n) is 4.66. The van der Waals surface area contributed by atoms with Crippen LogP contribution in [0.5, 0.6) is 0 Å². The number of nitrogens with one attached hydrogen (secondary N) is 2. The smallest absolute Gasteiger partial charge is 0.288 e. The van der Waals surface area contributed by atoms with Gasteiger partial charge in [-0.3, -0.25) is 14.9 Å². The number of nitrogens with zero attached hydrogens (tertiary/aromatic N) is 3. The summed E-state index contributed by atoms with van der Waals surface area (Å²) in [7, 11) is 0. The number of amides is 1. The first-order valence-electron chi connectivity index (χ1n) is 9.20. The fourth-order valence-corrected chi connectivity index (χ4v) is 3.81. The van der Waals surface area contributed by atoms with Gasteiger partial charge in [0, 0.05) is 24.4 Å². The summed E-state index contributed by atoms with van der Waals surface area (Å²) >= 11 is 11.4. The van der Waals surface area contributed by atoms with Crippen LogP contribution in [0.25, 0.3) is 0 Å². The van der Waals surface area contributed by atoms with Gasteiger partial charge in [-0.25, -0.2) is 0 Å². The van der Waals surface area contributed by atoms with Gasteiger partial charge in [0.2, 0.25) is 0 Å². The lowest BCUT2D eigenvalue weighted by molar-refractivity contribution is -0.384.